The smallest absolute Gasteiger partial charge is 0.229 e. The third kappa shape index (κ3) is 3.96. The Hall–Kier alpha value is -1.56. The number of anilines is 1. The van der Waals surface area contributed by atoms with E-state index in [1.807, 2.05) is 12.1 Å². The highest BCUT2D eigenvalue weighted by molar-refractivity contribution is 7.99. The maximum Gasteiger partial charge on any atom is 0.229 e. The predicted molar refractivity (Wildman–Crippen MR) is 75.0 cm³/mol. The van der Waals surface area contributed by atoms with E-state index in [0.717, 1.165) is 10.8 Å². The van der Waals surface area contributed by atoms with E-state index in [4.69, 9.17) is 0 Å². The van der Waals surface area contributed by atoms with Crippen molar-refractivity contribution >= 4 is 29.3 Å². The van der Waals surface area contributed by atoms with Crippen molar-refractivity contribution < 1.29 is 9.59 Å². The van der Waals surface area contributed by atoms with Crippen LogP contribution in [0.15, 0.2) is 23.4 Å². The number of amides is 2. The number of hydrogen-bond acceptors (Lipinski definition) is 4. The number of nitrogens with zero attached hydrogens (tertiary/aromatic N) is 1. The molecule has 1 aromatic heterocycles. The lowest BCUT2D eigenvalue weighted by molar-refractivity contribution is -0.126. The summed E-state index contributed by atoms with van der Waals surface area (Å²) < 4.78 is 0. The fraction of sp³-hybridized carbons (Fsp3) is 0.462. The van der Waals surface area contributed by atoms with Crippen LogP contribution in [-0.4, -0.2) is 29.1 Å². The number of carbonyl (C=O) groups excluding carboxylic acids is 2. The van der Waals surface area contributed by atoms with Crippen molar-refractivity contribution in [3.63, 3.8) is 0 Å². The summed E-state index contributed by atoms with van der Waals surface area (Å²) in [6, 6.07) is 3.75. The minimum absolute atomic E-state index is 0.0201. The molecule has 0 unspecified atom stereocenters. The van der Waals surface area contributed by atoms with Crippen molar-refractivity contribution in [1.82, 2.24) is 10.3 Å². The average molecular weight is 279 g/mol. The van der Waals surface area contributed by atoms with E-state index in [1.54, 1.807) is 18.0 Å². The van der Waals surface area contributed by atoms with Crippen LogP contribution in [0.4, 0.5) is 5.69 Å². The third-order valence-corrected chi connectivity index (χ3v) is 3.76. The Morgan fingerprint density at radius 3 is 3.00 bits per heavy atom. The van der Waals surface area contributed by atoms with Gasteiger partial charge in [0.1, 0.15) is 0 Å². The van der Waals surface area contributed by atoms with E-state index >= 15 is 0 Å². The zero-order valence-corrected chi connectivity index (χ0v) is 11.6. The molecule has 1 fully saturated rings. The zero-order valence-electron chi connectivity index (χ0n) is 10.8. The van der Waals surface area contributed by atoms with Crippen LogP contribution < -0.4 is 10.6 Å². The zero-order chi connectivity index (χ0) is 13.7. The summed E-state index contributed by atoms with van der Waals surface area (Å²) in [7, 11) is 0. The molecule has 2 amide bonds. The second-order valence-electron chi connectivity index (χ2n) is 4.35. The molecule has 6 heteroatoms. The van der Waals surface area contributed by atoms with E-state index in [1.165, 1.54) is 0 Å². The Morgan fingerprint density at radius 2 is 2.42 bits per heavy atom. The fourth-order valence-electron chi connectivity index (χ4n) is 1.89. The number of piperidine rings is 1. The second-order valence-corrected chi connectivity index (χ2v) is 5.63. The van der Waals surface area contributed by atoms with Gasteiger partial charge in [-0.1, -0.05) is 6.92 Å². The third-order valence-electron chi connectivity index (χ3n) is 2.93. The Balaban J connectivity index is 1.89. The van der Waals surface area contributed by atoms with Gasteiger partial charge in [0.05, 0.1) is 22.8 Å². The molecule has 1 aliphatic rings. The molecular formula is C13H17N3O2S. The van der Waals surface area contributed by atoms with Gasteiger partial charge in [-0.25, -0.2) is 4.98 Å². The van der Waals surface area contributed by atoms with Gasteiger partial charge in [0.2, 0.25) is 11.8 Å². The van der Waals surface area contributed by atoms with Crippen LogP contribution in [0.25, 0.3) is 0 Å². The first-order chi connectivity index (χ1) is 9.19. The van der Waals surface area contributed by atoms with Crippen LogP contribution in [0, 0.1) is 5.92 Å². The van der Waals surface area contributed by atoms with E-state index in [2.05, 4.69) is 22.5 Å². The van der Waals surface area contributed by atoms with Gasteiger partial charge in [-0.15, -0.1) is 11.8 Å². The van der Waals surface area contributed by atoms with Crippen LogP contribution >= 0.6 is 11.8 Å². The molecule has 2 heterocycles. The lowest BCUT2D eigenvalue weighted by Gasteiger charge is -2.21. The first-order valence-corrected chi connectivity index (χ1v) is 7.34. The maximum atomic E-state index is 12.0. The Kier molecular flexibility index (Phi) is 4.79. The van der Waals surface area contributed by atoms with Gasteiger partial charge in [0.15, 0.2) is 0 Å². The van der Waals surface area contributed by atoms with Crippen molar-refractivity contribution in [3.8, 4) is 0 Å². The quantitative estimate of drug-likeness (QED) is 0.822. The standard InChI is InChI=1S/C13H17N3O2S/c1-2-19-12-6-4-10(8-15-12)16-13(18)9-3-5-11(17)14-7-9/h4,6,8-9H,2-3,5,7H2,1H3,(H,14,17)(H,16,18)/t9-/m0/s1. The molecule has 0 spiro atoms. The highest BCUT2D eigenvalue weighted by atomic mass is 32.2. The highest BCUT2D eigenvalue weighted by Crippen LogP contribution is 2.18. The van der Waals surface area contributed by atoms with Crippen molar-refractivity contribution in [3.05, 3.63) is 18.3 Å². The Morgan fingerprint density at radius 1 is 1.58 bits per heavy atom. The monoisotopic (exact) mass is 279 g/mol. The van der Waals surface area contributed by atoms with Crippen molar-refractivity contribution in [1.29, 1.82) is 0 Å². The molecule has 2 N–H and O–H groups in total. The normalized spacial score (nSPS) is 18.8. The maximum absolute atomic E-state index is 12.0. The SMILES string of the molecule is CCSc1ccc(NC(=O)[C@H]2CCC(=O)NC2)cn1. The lowest BCUT2D eigenvalue weighted by atomic mass is 9.98. The number of aromatic nitrogens is 1. The van der Waals surface area contributed by atoms with Crippen molar-refractivity contribution in [2.24, 2.45) is 5.92 Å². The van der Waals surface area contributed by atoms with Gasteiger partial charge < -0.3 is 10.6 Å². The second kappa shape index (κ2) is 6.56. The molecule has 1 atom stereocenters. The van der Waals surface area contributed by atoms with Gasteiger partial charge in [-0.2, -0.15) is 0 Å². The first-order valence-electron chi connectivity index (χ1n) is 6.35. The van der Waals surface area contributed by atoms with Crippen LogP contribution in [0.1, 0.15) is 19.8 Å². The van der Waals surface area contributed by atoms with E-state index in [0.29, 0.717) is 25.1 Å². The molecular weight excluding hydrogens is 262 g/mol. The number of thioether (sulfide) groups is 1. The minimum Gasteiger partial charge on any atom is -0.355 e. The van der Waals surface area contributed by atoms with Gasteiger partial charge in [-0.3, -0.25) is 9.59 Å². The summed E-state index contributed by atoms with van der Waals surface area (Å²) in [4.78, 5) is 27.3. The molecule has 0 aromatic carbocycles. The topological polar surface area (TPSA) is 71.1 Å². The molecule has 0 radical (unpaired) electrons. The molecule has 1 saturated heterocycles. The predicted octanol–water partition coefficient (Wildman–Crippen LogP) is 1.66. The summed E-state index contributed by atoms with van der Waals surface area (Å²) >= 11 is 1.66. The molecule has 102 valence electrons. The van der Waals surface area contributed by atoms with Gasteiger partial charge in [0.25, 0.3) is 0 Å². The van der Waals surface area contributed by atoms with Gasteiger partial charge >= 0.3 is 0 Å². The molecule has 19 heavy (non-hydrogen) atoms. The number of hydrogen-bond donors (Lipinski definition) is 2. The summed E-state index contributed by atoms with van der Waals surface area (Å²) in [6.07, 6.45) is 2.69. The fourth-order valence-corrected chi connectivity index (χ4v) is 2.48. The summed E-state index contributed by atoms with van der Waals surface area (Å²) in [6.45, 7) is 2.49. The Bertz CT molecular complexity index is 451. The van der Waals surface area contributed by atoms with Crippen molar-refractivity contribution in [2.45, 2.75) is 24.8 Å². The molecule has 0 aliphatic carbocycles. The minimum atomic E-state index is -0.151. The molecule has 0 saturated carbocycles. The highest BCUT2D eigenvalue weighted by Gasteiger charge is 2.24. The molecule has 2 rings (SSSR count). The van der Waals surface area contributed by atoms with Gasteiger partial charge in [0, 0.05) is 13.0 Å². The summed E-state index contributed by atoms with van der Waals surface area (Å²) in [5.41, 5.74) is 0.697. The average Bonchev–Trinajstić information content (AvgIpc) is 2.42. The molecule has 5 nitrogen and oxygen atoms in total. The summed E-state index contributed by atoms with van der Waals surface area (Å²) in [5, 5.41) is 6.49. The van der Waals surface area contributed by atoms with Crippen LogP contribution in [0.5, 0.6) is 0 Å². The lowest BCUT2D eigenvalue weighted by Crippen LogP contribution is -2.40. The number of rotatable bonds is 4. The number of pyridine rings is 1. The summed E-state index contributed by atoms with van der Waals surface area (Å²) in [5.74, 6) is 0.784. The largest absolute Gasteiger partial charge is 0.355 e. The van der Waals surface area contributed by atoms with E-state index in [9.17, 15) is 9.59 Å². The van der Waals surface area contributed by atoms with E-state index < -0.39 is 0 Å². The molecule has 0 bridgehead atoms. The van der Waals surface area contributed by atoms with Gasteiger partial charge in [-0.05, 0) is 24.3 Å². The number of carbonyl (C=O) groups is 2. The van der Waals surface area contributed by atoms with E-state index in [-0.39, 0.29) is 17.7 Å². The van der Waals surface area contributed by atoms with Crippen LogP contribution in [0.2, 0.25) is 0 Å². The van der Waals surface area contributed by atoms with Crippen molar-refractivity contribution in [2.75, 3.05) is 17.6 Å². The Labute approximate surface area is 116 Å². The van der Waals surface area contributed by atoms with Crippen LogP contribution in [-0.2, 0) is 9.59 Å². The molecule has 1 aliphatic heterocycles. The number of nitrogens with one attached hydrogen (secondary N) is 2. The molecule has 1 aromatic rings. The first kappa shape index (κ1) is 13.9. The van der Waals surface area contributed by atoms with Crippen LogP contribution in [0.3, 0.4) is 0 Å².